The number of carbonyl (C=O) groups is 1. The quantitative estimate of drug-likeness (QED) is 0.550. The average molecular weight is 218 g/mol. The Morgan fingerprint density at radius 3 is 2.33 bits per heavy atom. The number of cyclic esters (lactones) is 1. The van der Waals surface area contributed by atoms with Gasteiger partial charge in [-0.3, -0.25) is 4.79 Å². The van der Waals surface area contributed by atoms with Crippen LogP contribution in [0, 0.1) is 5.41 Å². The molecule has 0 aromatic heterocycles. The molecule has 1 unspecified atom stereocenters. The van der Waals surface area contributed by atoms with Crippen molar-refractivity contribution in [1.29, 1.82) is 0 Å². The molecule has 0 saturated carbocycles. The van der Waals surface area contributed by atoms with Gasteiger partial charge in [0.15, 0.2) is 0 Å². The Balaban J connectivity index is 2.76. The predicted molar refractivity (Wildman–Crippen MR) is 52.0 cm³/mol. The normalized spacial score (nSPS) is 23.4. The van der Waals surface area contributed by atoms with Crippen LogP contribution in [0.2, 0.25) is 0 Å². The van der Waals surface area contributed by atoms with Gasteiger partial charge in [0, 0.05) is 6.42 Å². The lowest BCUT2D eigenvalue weighted by Crippen LogP contribution is -2.46. The molecule has 15 heavy (non-hydrogen) atoms. The van der Waals surface area contributed by atoms with E-state index in [0.29, 0.717) is 12.8 Å². The largest absolute Gasteiger partial charge is 0.461 e. The molecule has 1 aliphatic heterocycles. The highest BCUT2D eigenvalue weighted by molar-refractivity contribution is 5.69. The fourth-order valence-corrected chi connectivity index (χ4v) is 1.76. The molecule has 5 nitrogen and oxygen atoms in total. The van der Waals surface area contributed by atoms with Crippen molar-refractivity contribution in [1.82, 2.24) is 0 Å². The van der Waals surface area contributed by atoms with Crippen molar-refractivity contribution >= 4 is 5.97 Å². The SMILES string of the molecule is O=C1CCCCC(C(CO)(CO)CO)O1. The van der Waals surface area contributed by atoms with E-state index in [9.17, 15) is 20.1 Å². The molecule has 0 aromatic rings. The van der Waals surface area contributed by atoms with Gasteiger partial charge in [0.05, 0.1) is 25.2 Å². The Morgan fingerprint density at radius 2 is 1.80 bits per heavy atom. The van der Waals surface area contributed by atoms with Crippen molar-refractivity contribution < 1.29 is 24.9 Å². The summed E-state index contributed by atoms with van der Waals surface area (Å²) >= 11 is 0. The molecule has 1 aliphatic rings. The van der Waals surface area contributed by atoms with Gasteiger partial charge in [0.2, 0.25) is 0 Å². The van der Waals surface area contributed by atoms with E-state index in [-0.39, 0.29) is 5.97 Å². The summed E-state index contributed by atoms with van der Waals surface area (Å²) in [6.45, 7) is -1.17. The standard InChI is InChI=1S/C10H18O5/c11-5-10(6-12,7-13)8-3-1-2-4-9(14)15-8/h8,11-13H,1-7H2. The maximum atomic E-state index is 11.2. The molecule has 88 valence electrons. The van der Waals surface area contributed by atoms with Crippen molar-refractivity contribution in [2.45, 2.75) is 31.8 Å². The molecule has 0 spiro atoms. The van der Waals surface area contributed by atoms with Crippen LogP contribution in [0.5, 0.6) is 0 Å². The maximum Gasteiger partial charge on any atom is 0.306 e. The van der Waals surface area contributed by atoms with Crippen LogP contribution in [-0.2, 0) is 9.53 Å². The van der Waals surface area contributed by atoms with Crippen LogP contribution in [0.4, 0.5) is 0 Å². The summed E-state index contributed by atoms with van der Waals surface area (Å²) in [7, 11) is 0. The monoisotopic (exact) mass is 218 g/mol. The molecule has 0 radical (unpaired) electrons. The first-order valence-electron chi connectivity index (χ1n) is 5.20. The summed E-state index contributed by atoms with van der Waals surface area (Å²) in [5.41, 5.74) is -1.11. The van der Waals surface area contributed by atoms with Gasteiger partial charge in [-0.05, 0) is 19.3 Å². The number of esters is 1. The van der Waals surface area contributed by atoms with Gasteiger partial charge >= 0.3 is 5.97 Å². The predicted octanol–water partition coefficient (Wildman–Crippen LogP) is -0.565. The second-order valence-electron chi connectivity index (χ2n) is 4.06. The fraction of sp³-hybridized carbons (Fsp3) is 0.900. The second-order valence-corrected chi connectivity index (χ2v) is 4.06. The number of hydrogen-bond acceptors (Lipinski definition) is 5. The first kappa shape index (κ1) is 12.4. The lowest BCUT2D eigenvalue weighted by molar-refractivity contribution is -0.163. The van der Waals surface area contributed by atoms with Gasteiger partial charge in [-0.1, -0.05) is 0 Å². The Labute approximate surface area is 88.7 Å². The lowest BCUT2D eigenvalue weighted by Gasteiger charge is -2.34. The average Bonchev–Trinajstić information content (AvgIpc) is 2.47. The van der Waals surface area contributed by atoms with E-state index >= 15 is 0 Å². The third-order valence-electron chi connectivity index (χ3n) is 3.00. The van der Waals surface area contributed by atoms with Gasteiger partial charge in [-0.2, -0.15) is 0 Å². The minimum absolute atomic E-state index is 0.322. The number of aliphatic hydroxyl groups excluding tert-OH is 3. The van der Waals surface area contributed by atoms with Crippen molar-refractivity contribution in [3.8, 4) is 0 Å². The second kappa shape index (κ2) is 5.44. The first-order chi connectivity index (χ1) is 7.18. The summed E-state index contributed by atoms with van der Waals surface area (Å²) in [4.78, 5) is 11.2. The summed E-state index contributed by atoms with van der Waals surface area (Å²) in [6, 6.07) is 0. The van der Waals surface area contributed by atoms with Gasteiger partial charge < -0.3 is 20.1 Å². The molecule has 0 aliphatic carbocycles. The maximum absolute atomic E-state index is 11.2. The molecule has 1 atom stereocenters. The number of rotatable bonds is 4. The Kier molecular flexibility index (Phi) is 4.50. The smallest absolute Gasteiger partial charge is 0.306 e. The Hall–Kier alpha value is -0.650. The Bertz CT molecular complexity index is 204. The van der Waals surface area contributed by atoms with Crippen LogP contribution in [0.25, 0.3) is 0 Å². The third kappa shape index (κ3) is 2.68. The zero-order chi connectivity index (χ0) is 11.3. The molecule has 3 N–H and O–H groups in total. The highest BCUT2D eigenvalue weighted by atomic mass is 16.5. The van der Waals surface area contributed by atoms with Crippen molar-refractivity contribution in [2.24, 2.45) is 5.41 Å². The van der Waals surface area contributed by atoms with Crippen molar-refractivity contribution in [3.05, 3.63) is 0 Å². The van der Waals surface area contributed by atoms with E-state index in [0.717, 1.165) is 12.8 Å². The topological polar surface area (TPSA) is 87.0 Å². The molecule has 1 rings (SSSR count). The molecule has 1 fully saturated rings. The highest BCUT2D eigenvalue weighted by Crippen LogP contribution is 2.29. The molecular weight excluding hydrogens is 200 g/mol. The first-order valence-corrected chi connectivity index (χ1v) is 5.20. The van der Waals surface area contributed by atoms with Gasteiger partial charge in [0.25, 0.3) is 0 Å². The van der Waals surface area contributed by atoms with Crippen LogP contribution in [0.3, 0.4) is 0 Å². The molecule has 5 heteroatoms. The van der Waals surface area contributed by atoms with Crippen LogP contribution < -0.4 is 0 Å². The number of hydrogen-bond donors (Lipinski definition) is 3. The lowest BCUT2D eigenvalue weighted by atomic mass is 9.82. The third-order valence-corrected chi connectivity index (χ3v) is 3.00. The summed E-state index contributed by atoms with van der Waals surface area (Å²) < 4.78 is 5.13. The molecule has 0 amide bonds. The zero-order valence-electron chi connectivity index (χ0n) is 8.69. The Morgan fingerprint density at radius 1 is 1.20 bits per heavy atom. The van der Waals surface area contributed by atoms with E-state index in [1.54, 1.807) is 0 Å². The molecular formula is C10H18O5. The van der Waals surface area contributed by atoms with E-state index in [1.165, 1.54) is 0 Å². The summed E-state index contributed by atoms with van der Waals surface area (Å²) in [5, 5.41) is 27.6. The summed E-state index contributed by atoms with van der Waals surface area (Å²) in [6.07, 6.45) is 1.92. The number of ether oxygens (including phenoxy) is 1. The van der Waals surface area contributed by atoms with E-state index < -0.39 is 31.3 Å². The van der Waals surface area contributed by atoms with Gasteiger partial charge in [-0.15, -0.1) is 0 Å². The fourth-order valence-electron chi connectivity index (χ4n) is 1.76. The molecule has 1 heterocycles. The minimum Gasteiger partial charge on any atom is -0.461 e. The van der Waals surface area contributed by atoms with Crippen LogP contribution in [-0.4, -0.2) is 47.2 Å². The minimum atomic E-state index is -1.11. The van der Waals surface area contributed by atoms with Crippen LogP contribution in [0.15, 0.2) is 0 Å². The number of aliphatic hydroxyl groups is 3. The van der Waals surface area contributed by atoms with E-state index in [1.807, 2.05) is 0 Å². The van der Waals surface area contributed by atoms with Gasteiger partial charge in [-0.25, -0.2) is 0 Å². The summed E-state index contributed by atoms with van der Waals surface area (Å²) in [5.74, 6) is -0.322. The molecule has 0 aromatic carbocycles. The van der Waals surface area contributed by atoms with Crippen LogP contribution in [0.1, 0.15) is 25.7 Å². The van der Waals surface area contributed by atoms with Crippen LogP contribution >= 0.6 is 0 Å². The van der Waals surface area contributed by atoms with Crippen molar-refractivity contribution in [3.63, 3.8) is 0 Å². The van der Waals surface area contributed by atoms with E-state index in [4.69, 9.17) is 4.74 Å². The zero-order valence-corrected chi connectivity index (χ0v) is 8.69. The van der Waals surface area contributed by atoms with Gasteiger partial charge in [0.1, 0.15) is 6.10 Å². The molecule has 1 saturated heterocycles. The highest BCUT2D eigenvalue weighted by Gasteiger charge is 2.40. The van der Waals surface area contributed by atoms with Crippen molar-refractivity contribution in [2.75, 3.05) is 19.8 Å². The molecule has 0 bridgehead atoms. The van der Waals surface area contributed by atoms with E-state index in [2.05, 4.69) is 0 Å². The number of carbonyl (C=O) groups excluding carboxylic acids is 1.